The fraction of sp³-hybridized carbons (Fsp3) is 0.846. The van der Waals surface area contributed by atoms with Gasteiger partial charge in [0.05, 0.1) is 13.0 Å². The lowest BCUT2D eigenvalue weighted by atomic mass is 10.0. The Kier molecular flexibility index (Phi) is 15.1. The van der Waals surface area contributed by atoms with Crippen molar-refractivity contribution in [3.8, 4) is 0 Å². The molecule has 0 saturated carbocycles. The average Bonchev–Trinajstić information content (AvgIpc) is 3.07. The molecule has 37 heavy (non-hydrogen) atoms. The lowest BCUT2D eigenvalue weighted by Crippen LogP contribution is -2.64. The number of hydrogen-bond acceptors (Lipinski definition) is 6. The Hall–Kier alpha value is -1.85. The van der Waals surface area contributed by atoms with Crippen LogP contribution in [-0.2, 0) is 29.3 Å². The summed E-state index contributed by atoms with van der Waals surface area (Å²) >= 11 is 0. The highest BCUT2D eigenvalue weighted by molar-refractivity contribution is 7.87. The lowest BCUT2D eigenvalue weighted by Gasteiger charge is -2.33. The number of carbonyl (C=O) groups excluding carboxylic acids is 2. The molecular weight excluding hydrogens is 502 g/mol. The van der Waals surface area contributed by atoms with Crippen LogP contribution in [0.1, 0.15) is 122 Å². The average molecular weight is 549 g/mol. The molecule has 11 heteroatoms. The number of quaternary nitrogens is 1. The predicted molar refractivity (Wildman–Crippen MR) is 138 cm³/mol. The van der Waals surface area contributed by atoms with Crippen LogP contribution in [0.25, 0.3) is 0 Å². The van der Waals surface area contributed by atoms with Gasteiger partial charge in [-0.15, -0.1) is 0 Å². The number of hydrogen-bond donors (Lipinski definition) is 3. The molecule has 1 fully saturated rings. The summed E-state index contributed by atoms with van der Waals surface area (Å²) in [5, 5.41) is 16.7. The summed E-state index contributed by atoms with van der Waals surface area (Å²) in [6.07, 6.45) is 15.8. The molecule has 2 amide bonds. The van der Waals surface area contributed by atoms with Gasteiger partial charge in [-0.2, -0.15) is 12.9 Å². The summed E-state index contributed by atoms with van der Waals surface area (Å²) in [5.41, 5.74) is 0. The van der Waals surface area contributed by atoms with E-state index in [9.17, 15) is 37.3 Å². The SMILES string of the molecule is CCCCCCCCCCCCCCCCCC[N+]1([C@@H](CC(=O)O)C(=O)O)C(=O)CC(S(=O)(=O)O)C1=O. The van der Waals surface area contributed by atoms with Crippen molar-refractivity contribution in [2.24, 2.45) is 0 Å². The number of carboxylic acid groups (broad SMARTS) is 2. The molecule has 1 aliphatic heterocycles. The van der Waals surface area contributed by atoms with E-state index in [0.29, 0.717) is 6.42 Å². The predicted octanol–water partition coefficient (Wildman–Crippen LogP) is 4.71. The third-order valence-electron chi connectivity index (χ3n) is 7.38. The monoisotopic (exact) mass is 548 g/mol. The second kappa shape index (κ2) is 16.9. The van der Waals surface area contributed by atoms with Gasteiger partial charge in [0, 0.05) is 0 Å². The normalized spacial score (nSPS) is 20.9. The van der Waals surface area contributed by atoms with Crippen molar-refractivity contribution in [3.63, 3.8) is 0 Å². The quantitative estimate of drug-likeness (QED) is 0.0752. The van der Waals surface area contributed by atoms with Crippen LogP contribution >= 0.6 is 0 Å². The molecule has 3 atom stereocenters. The summed E-state index contributed by atoms with van der Waals surface area (Å²) in [4.78, 5) is 48.9. The van der Waals surface area contributed by atoms with E-state index < -0.39 is 62.5 Å². The first-order chi connectivity index (χ1) is 17.5. The van der Waals surface area contributed by atoms with Gasteiger partial charge in [-0.1, -0.05) is 96.8 Å². The van der Waals surface area contributed by atoms with Crippen LogP contribution in [0.4, 0.5) is 0 Å². The fourth-order valence-electron chi connectivity index (χ4n) is 5.25. The van der Waals surface area contributed by atoms with Crippen molar-refractivity contribution < 1.29 is 46.8 Å². The van der Waals surface area contributed by atoms with Crippen molar-refractivity contribution in [1.82, 2.24) is 0 Å². The third-order valence-corrected chi connectivity index (χ3v) is 8.47. The van der Waals surface area contributed by atoms with E-state index in [-0.39, 0.29) is 13.0 Å². The molecular formula is C26H46NO9S+. The molecule has 2 unspecified atom stereocenters. The summed E-state index contributed by atoms with van der Waals surface area (Å²) < 4.78 is 31.2. The Morgan fingerprint density at radius 3 is 1.54 bits per heavy atom. The van der Waals surface area contributed by atoms with Crippen molar-refractivity contribution in [1.29, 1.82) is 0 Å². The number of nitrogens with zero attached hydrogens (tertiary/aromatic N) is 1. The molecule has 0 bridgehead atoms. The molecule has 0 radical (unpaired) electrons. The van der Waals surface area contributed by atoms with Crippen LogP contribution in [-0.4, -0.2) is 69.3 Å². The van der Waals surface area contributed by atoms with Gasteiger partial charge in [0.1, 0.15) is 6.42 Å². The Balaban J connectivity index is 2.45. The van der Waals surface area contributed by atoms with Gasteiger partial charge < -0.3 is 10.2 Å². The van der Waals surface area contributed by atoms with Gasteiger partial charge >= 0.3 is 23.8 Å². The standard InChI is InChI=1S/C26H45NO9S/c1-2-3-4-5-6-7-8-9-10-11-12-13-14-15-16-17-18-27(21(26(32)33)19-24(29)30)23(28)20-22(25(27)31)37(34,35)36/h21-22H,2-20H2,1H3,(H2-,29,30,32,33,34,35,36)/p+1/t21-,22?,27?/m0/s1. The number of unbranched alkanes of at least 4 members (excludes halogenated alkanes) is 15. The Bertz CT molecular complexity index is 858. The molecule has 1 heterocycles. The van der Waals surface area contributed by atoms with Crippen molar-refractivity contribution >= 4 is 33.9 Å². The second-order valence-electron chi connectivity index (χ2n) is 10.3. The smallest absolute Gasteiger partial charge is 0.364 e. The summed E-state index contributed by atoms with van der Waals surface area (Å²) in [6, 6.07) is -1.94. The van der Waals surface area contributed by atoms with Gasteiger partial charge in [-0.3, -0.25) is 9.35 Å². The van der Waals surface area contributed by atoms with Crippen LogP contribution in [0, 0.1) is 0 Å². The maximum absolute atomic E-state index is 13.0. The number of carbonyl (C=O) groups is 4. The molecule has 0 aromatic rings. The molecule has 1 rings (SSSR count). The van der Waals surface area contributed by atoms with Crippen LogP contribution in [0.15, 0.2) is 0 Å². The molecule has 10 nitrogen and oxygen atoms in total. The number of carboxylic acids is 2. The van der Waals surface area contributed by atoms with E-state index in [1.807, 2.05) is 0 Å². The van der Waals surface area contributed by atoms with E-state index in [1.165, 1.54) is 64.2 Å². The zero-order valence-corrected chi connectivity index (χ0v) is 23.1. The van der Waals surface area contributed by atoms with E-state index in [1.54, 1.807) is 0 Å². The number of imide groups is 1. The van der Waals surface area contributed by atoms with Crippen molar-refractivity contribution in [2.75, 3.05) is 6.54 Å². The Morgan fingerprint density at radius 2 is 1.22 bits per heavy atom. The zero-order chi connectivity index (χ0) is 27.9. The Labute approximate surface area is 221 Å². The number of aliphatic carboxylic acids is 2. The number of rotatable bonds is 22. The van der Waals surface area contributed by atoms with E-state index >= 15 is 0 Å². The highest BCUT2D eigenvalue weighted by atomic mass is 32.2. The van der Waals surface area contributed by atoms with Crippen LogP contribution in [0.2, 0.25) is 0 Å². The lowest BCUT2D eigenvalue weighted by molar-refractivity contribution is -0.791. The van der Waals surface area contributed by atoms with Gasteiger partial charge in [0.2, 0.25) is 11.3 Å². The minimum atomic E-state index is -4.93. The minimum absolute atomic E-state index is 0.261. The Morgan fingerprint density at radius 1 is 0.811 bits per heavy atom. The molecule has 1 aliphatic rings. The highest BCUT2D eigenvalue weighted by Gasteiger charge is 2.65. The van der Waals surface area contributed by atoms with Crippen LogP contribution in [0.5, 0.6) is 0 Å². The third kappa shape index (κ3) is 10.8. The molecule has 214 valence electrons. The number of likely N-dealkylation sites (tertiary alicyclic amines) is 1. The first-order valence-corrected chi connectivity index (χ1v) is 15.3. The maximum Gasteiger partial charge on any atom is 0.364 e. The summed E-state index contributed by atoms with van der Waals surface area (Å²) in [7, 11) is -4.93. The topological polar surface area (TPSA) is 163 Å². The summed E-state index contributed by atoms with van der Waals surface area (Å²) in [5.74, 6) is -5.44. The maximum atomic E-state index is 13.0. The molecule has 0 aromatic heterocycles. The van der Waals surface area contributed by atoms with E-state index in [2.05, 4.69) is 6.92 Å². The van der Waals surface area contributed by atoms with Gasteiger partial charge in [-0.25, -0.2) is 14.4 Å². The molecule has 1 saturated heterocycles. The van der Waals surface area contributed by atoms with Crippen molar-refractivity contribution in [2.45, 2.75) is 134 Å². The van der Waals surface area contributed by atoms with Crippen LogP contribution < -0.4 is 0 Å². The van der Waals surface area contributed by atoms with E-state index in [0.717, 1.165) is 25.7 Å². The largest absolute Gasteiger partial charge is 0.481 e. The van der Waals surface area contributed by atoms with Gasteiger partial charge in [-0.05, 0) is 12.8 Å². The number of amides is 2. The van der Waals surface area contributed by atoms with Crippen LogP contribution in [0.3, 0.4) is 0 Å². The van der Waals surface area contributed by atoms with Gasteiger partial charge in [0.25, 0.3) is 10.1 Å². The highest BCUT2D eigenvalue weighted by Crippen LogP contribution is 2.33. The molecule has 0 spiro atoms. The molecule has 3 N–H and O–H groups in total. The van der Waals surface area contributed by atoms with Gasteiger partial charge in [0.15, 0.2) is 0 Å². The second-order valence-corrected chi connectivity index (χ2v) is 11.9. The minimum Gasteiger partial charge on any atom is -0.481 e. The zero-order valence-electron chi connectivity index (χ0n) is 22.2. The first-order valence-electron chi connectivity index (χ1n) is 13.8. The molecule has 0 aromatic carbocycles. The van der Waals surface area contributed by atoms with Crippen molar-refractivity contribution in [3.05, 3.63) is 0 Å². The molecule has 0 aliphatic carbocycles. The summed E-state index contributed by atoms with van der Waals surface area (Å²) in [6.45, 7) is 1.92. The van der Waals surface area contributed by atoms with E-state index in [4.69, 9.17) is 5.11 Å². The first kappa shape index (κ1) is 33.2. The fourth-order valence-corrected chi connectivity index (χ4v) is 6.04.